The molecule has 2 aliphatic carbocycles. The van der Waals surface area contributed by atoms with Gasteiger partial charge in [-0.25, -0.2) is 4.79 Å². The van der Waals surface area contributed by atoms with Crippen molar-refractivity contribution in [2.45, 2.75) is 63.1 Å². The molecule has 1 aromatic heterocycles. The number of halogens is 2. The third kappa shape index (κ3) is 5.36. The van der Waals surface area contributed by atoms with E-state index in [-0.39, 0.29) is 18.5 Å². The van der Waals surface area contributed by atoms with E-state index in [2.05, 4.69) is 12.1 Å². The van der Waals surface area contributed by atoms with Crippen molar-refractivity contribution in [1.82, 2.24) is 5.16 Å². The van der Waals surface area contributed by atoms with E-state index in [4.69, 9.17) is 37.2 Å². The van der Waals surface area contributed by atoms with E-state index in [0.717, 1.165) is 47.3 Å². The molecule has 2 saturated carbocycles. The molecule has 0 bridgehead atoms. The van der Waals surface area contributed by atoms with E-state index >= 15 is 0 Å². The second kappa shape index (κ2) is 11.2. The maximum Gasteiger partial charge on any atom is 0.337 e. The number of hydrogen-bond donors (Lipinski definition) is 1. The number of carbonyl (C=O) groups is 1. The van der Waals surface area contributed by atoms with Gasteiger partial charge >= 0.3 is 5.97 Å². The Labute approximate surface area is 249 Å². The maximum absolute atomic E-state index is 12.0. The second-order valence-corrected chi connectivity index (χ2v) is 11.8. The monoisotopic (exact) mass is 591 g/mol. The summed E-state index contributed by atoms with van der Waals surface area (Å²) >= 11 is 13.0. The van der Waals surface area contributed by atoms with Crippen molar-refractivity contribution in [3.05, 3.63) is 104 Å². The number of esters is 1. The van der Waals surface area contributed by atoms with E-state index < -0.39 is 5.60 Å². The average molecular weight is 593 g/mol. The highest BCUT2D eigenvalue weighted by atomic mass is 35.5. The zero-order valence-electron chi connectivity index (χ0n) is 23.0. The summed E-state index contributed by atoms with van der Waals surface area (Å²) in [7, 11) is 1.38. The van der Waals surface area contributed by atoms with Crippen LogP contribution in [-0.2, 0) is 23.4 Å². The van der Waals surface area contributed by atoms with Gasteiger partial charge in [0.15, 0.2) is 0 Å². The molecule has 6 nitrogen and oxygen atoms in total. The van der Waals surface area contributed by atoms with Crippen LogP contribution in [0.15, 0.2) is 65.2 Å². The Morgan fingerprint density at radius 3 is 2.46 bits per heavy atom. The normalized spacial score (nSPS) is 20.0. The molecule has 0 aliphatic heterocycles. The third-order valence-corrected chi connectivity index (χ3v) is 8.89. The van der Waals surface area contributed by atoms with Gasteiger partial charge in [-0.2, -0.15) is 0 Å². The van der Waals surface area contributed by atoms with Crippen LogP contribution in [-0.4, -0.2) is 23.3 Å². The van der Waals surface area contributed by atoms with E-state index in [9.17, 15) is 9.90 Å². The fourth-order valence-corrected chi connectivity index (χ4v) is 6.44. The molecular weight excluding hydrogens is 561 g/mol. The molecule has 0 radical (unpaired) electrons. The topological polar surface area (TPSA) is 81.8 Å². The number of ether oxygens (including phenoxy) is 2. The minimum absolute atomic E-state index is 0.162. The number of aryl methyl sites for hydroxylation is 1. The van der Waals surface area contributed by atoms with Crippen molar-refractivity contribution in [3.8, 4) is 17.0 Å². The number of nitrogens with zero attached hydrogens (tertiary/aromatic N) is 1. The quantitative estimate of drug-likeness (QED) is 0.197. The van der Waals surface area contributed by atoms with Gasteiger partial charge in [0.25, 0.3) is 0 Å². The molecule has 1 N–H and O–H groups in total. The lowest BCUT2D eigenvalue weighted by molar-refractivity contribution is -0.0556. The lowest BCUT2D eigenvalue weighted by Crippen LogP contribution is -2.40. The molecule has 2 aliphatic rings. The fourth-order valence-electron chi connectivity index (χ4n) is 5.86. The Hall–Kier alpha value is -3.32. The van der Waals surface area contributed by atoms with Gasteiger partial charge in [0, 0.05) is 11.5 Å². The van der Waals surface area contributed by atoms with Crippen molar-refractivity contribution < 1.29 is 23.9 Å². The highest BCUT2D eigenvalue weighted by Crippen LogP contribution is 2.52. The Morgan fingerprint density at radius 2 is 1.78 bits per heavy atom. The van der Waals surface area contributed by atoms with Crippen LogP contribution >= 0.6 is 23.2 Å². The summed E-state index contributed by atoms with van der Waals surface area (Å²) in [6.45, 7) is 2.34. The zero-order chi connectivity index (χ0) is 28.7. The van der Waals surface area contributed by atoms with Crippen molar-refractivity contribution in [1.29, 1.82) is 0 Å². The van der Waals surface area contributed by atoms with Crippen LogP contribution < -0.4 is 4.74 Å². The molecule has 0 saturated heterocycles. The van der Waals surface area contributed by atoms with Gasteiger partial charge in [-0.15, -0.1) is 0 Å². The number of benzene rings is 3. The highest BCUT2D eigenvalue weighted by molar-refractivity contribution is 6.39. The molecular formula is C33H31Cl2NO5. The predicted molar refractivity (Wildman–Crippen MR) is 158 cm³/mol. The summed E-state index contributed by atoms with van der Waals surface area (Å²) in [5.74, 6) is 1.67. The van der Waals surface area contributed by atoms with Gasteiger partial charge in [0.1, 0.15) is 23.8 Å². The van der Waals surface area contributed by atoms with E-state index in [0.29, 0.717) is 51.4 Å². The van der Waals surface area contributed by atoms with Crippen LogP contribution in [0, 0.1) is 0 Å². The lowest BCUT2D eigenvalue weighted by atomic mass is 9.64. The molecule has 8 heteroatoms. The van der Waals surface area contributed by atoms with E-state index in [1.807, 2.05) is 36.4 Å². The summed E-state index contributed by atoms with van der Waals surface area (Å²) in [6, 6.07) is 18.7. The minimum Gasteiger partial charge on any atom is -0.489 e. The molecule has 6 rings (SSSR count). The largest absolute Gasteiger partial charge is 0.489 e. The number of hydrogen-bond acceptors (Lipinski definition) is 6. The van der Waals surface area contributed by atoms with Crippen molar-refractivity contribution >= 4 is 29.2 Å². The predicted octanol–water partition coefficient (Wildman–Crippen LogP) is 8.22. The zero-order valence-corrected chi connectivity index (χ0v) is 24.5. The Morgan fingerprint density at radius 1 is 1.05 bits per heavy atom. The highest BCUT2D eigenvalue weighted by Gasteiger charge is 2.45. The first-order valence-electron chi connectivity index (χ1n) is 13.9. The summed E-state index contributed by atoms with van der Waals surface area (Å²) in [5.41, 5.74) is 4.69. The molecule has 1 heterocycles. The summed E-state index contributed by atoms with van der Waals surface area (Å²) in [4.78, 5) is 12.0. The number of methoxy groups -OCH3 is 1. The molecule has 0 atom stereocenters. The molecule has 212 valence electrons. The van der Waals surface area contributed by atoms with Gasteiger partial charge in [0.05, 0.1) is 33.9 Å². The third-order valence-electron chi connectivity index (χ3n) is 8.26. The molecule has 4 aromatic rings. The van der Waals surface area contributed by atoms with Crippen LogP contribution in [0.5, 0.6) is 5.75 Å². The molecule has 0 unspecified atom stereocenters. The molecule has 0 spiro atoms. The van der Waals surface area contributed by atoms with Crippen LogP contribution in [0.3, 0.4) is 0 Å². The molecule has 41 heavy (non-hydrogen) atoms. The van der Waals surface area contributed by atoms with Crippen molar-refractivity contribution in [3.63, 3.8) is 0 Å². The standard InChI is InChI=1S/C33H31Cl2NO5/c1-3-19-15-24(12-13-26(19)33(38)16-23(17-33)21-6-4-7-22(14-21)32(37)39-2)40-18-25-30(36-41-31(25)20-10-11-20)29-27(34)8-5-9-28(29)35/h4-9,12-15,20,23,38H,3,10-11,16-18H2,1-2H3. The SMILES string of the molecule is CCc1cc(OCc2c(-c3c(Cl)cccc3Cl)noc2C2CC2)ccc1C1(O)CC(c2cccc(C(=O)OC)c2)C1. The van der Waals surface area contributed by atoms with Crippen LogP contribution in [0.1, 0.15) is 82.8 Å². The van der Waals surface area contributed by atoms with Gasteiger partial charge in [-0.05, 0) is 91.1 Å². The van der Waals surface area contributed by atoms with Gasteiger partial charge in [-0.3, -0.25) is 0 Å². The van der Waals surface area contributed by atoms with E-state index in [1.54, 1.807) is 24.3 Å². The summed E-state index contributed by atoms with van der Waals surface area (Å²) < 4.78 is 16.9. The second-order valence-electron chi connectivity index (χ2n) is 11.0. The Bertz CT molecular complexity index is 1580. The smallest absolute Gasteiger partial charge is 0.337 e. The minimum atomic E-state index is -0.933. The lowest BCUT2D eigenvalue weighted by Gasteiger charge is -2.45. The van der Waals surface area contributed by atoms with Crippen molar-refractivity contribution in [2.75, 3.05) is 7.11 Å². The van der Waals surface area contributed by atoms with E-state index in [1.165, 1.54) is 7.11 Å². The fraction of sp³-hybridized carbons (Fsp3) is 0.333. The molecule has 0 amide bonds. The molecule has 3 aromatic carbocycles. The van der Waals surface area contributed by atoms with Crippen LogP contribution in [0.4, 0.5) is 0 Å². The Balaban J connectivity index is 1.20. The Kier molecular flexibility index (Phi) is 7.58. The number of aromatic nitrogens is 1. The maximum atomic E-state index is 12.0. The van der Waals surface area contributed by atoms with Crippen LogP contribution in [0.25, 0.3) is 11.3 Å². The van der Waals surface area contributed by atoms with Crippen LogP contribution in [0.2, 0.25) is 10.0 Å². The van der Waals surface area contributed by atoms with Gasteiger partial charge < -0.3 is 19.1 Å². The summed E-state index contributed by atoms with van der Waals surface area (Å²) in [5, 5.41) is 16.9. The number of rotatable bonds is 9. The van der Waals surface area contributed by atoms with Gasteiger partial charge in [0.2, 0.25) is 0 Å². The number of carbonyl (C=O) groups excluding carboxylic acids is 1. The number of aliphatic hydroxyl groups is 1. The first-order valence-corrected chi connectivity index (χ1v) is 14.7. The van der Waals surface area contributed by atoms with Crippen molar-refractivity contribution in [2.24, 2.45) is 0 Å². The first-order chi connectivity index (χ1) is 19.8. The first kappa shape index (κ1) is 27.8. The van der Waals surface area contributed by atoms with Gasteiger partial charge in [-0.1, -0.05) is 59.5 Å². The summed E-state index contributed by atoms with van der Waals surface area (Å²) in [6.07, 6.45) is 4.02. The average Bonchev–Trinajstić information content (AvgIpc) is 3.73. The molecule has 2 fully saturated rings.